The second kappa shape index (κ2) is 5.61. The SMILES string of the molecule is CNCC1(c2ccccn2)CCCN(C)CC1. The van der Waals surface area contributed by atoms with Gasteiger partial charge in [-0.05, 0) is 58.6 Å². The minimum absolute atomic E-state index is 0.223. The van der Waals surface area contributed by atoms with Crippen LogP contribution in [0.3, 0.4) is 0 Å². The summed E-state index contributed by atoms with van der Waals surface area (Å²) >= 11 is 0. The molecule has 0 saturated carbocycles. The maximum Gasteiger partial charge on any atom is 0.0478 e. The fraction of sp³-hybridized carbons (Fsp3) is 0.643. The average molecular weight is 233 g/mol. The van der Waals surface area contributed by atoms with Crippen LogP contribution in [-0.4, -0.2) is 43.6 Å². The van der Waals surface area contributed by atoms with Crippen LogP contribution in [0.25, 0.3) is 0 Å². The Bertz CT molecular complexity index is 339. The van der Waals surface area contributed by atoms with Gasteiger partial charge in [-0.15, -0.1) is 0 Å². The van der Waals surface area contributed by atoms with E-state index >= 15 is 0 Å². The summed E-state index contributed by atoms with van der Waals surface area (Å²) in [5.74, 6) is 0. The lowest BCUT2D eigenvalue weighted by molar-refractivity contribution is 0.318. The molecule has 1 fully saturated rings. The lowest BCUT2D eigenvalue weighted by atomic mass is 9.77. The van der Waals surface area contributed by atoms with Gasteiger partial charge in [0.05, 0.1) is 0 Å². The van der Waals surface area contributed by atoms with Gasteiger partial charge in [-0.1, -0.05) is 6.07 Å². The van der Waals surface area contributed by atoms with E-state index in [1.807, 2.05) is 19.3 Å². The lowest BCUT2D eigenvalue weighted by Crippen LogP contribution is -2.38. The third kappa shape index (κ3) is 2.85. The first-order chi connectivity index (χ1) is 8.27. The molecular formula is C14H23N3. The molecule has 3 heteroatoms. The Morgan fingerprint density at radius 1 is 1.35 bits per heavy atom. The van der Waals surface area contributed by atoms with Gasteiger partial charge in [-0.25, -0.2) is 0 Å². The largest absolute Gasteiger partial charge is 0.319 e. The predicted octanol–water partition coefficient (Wildman–Crippen LogP) is 1.65. The summed E-state index contributed by atoms with van der Waals surface area (Å²) in [6.07, 6.45) is 5.60. The molecule has 0 radical (unpaired) electrons. The van der Waals surface area contributed by atoms with Crippen LogP contribution in [0, 0.1) is 0 Å². The topological polar surface area (TPSA) is 28.2 Å². The first-order valence-corrected chi connectivity index (χ1v) is 6.51. The summed E-state index contributed by atoms with van der Waals surface area (Å²) in [6, 6.07) is 6.29. The zero-order valence-electron chi connectivity index (χ0n) is 10.9. The molecule has 0 aromatic carbocycles. The smallest absolute Gasteiger partial charge is 0.0478 e. The Hall–Kier alpha value is -0.930. The summed E-state index contributed by atoms with van der Waals surface area (Å²) in [5.41, 5.74) is 1.48. The minimum atomic E-state index is 0.223. The van der Waals surface area contributed by atoms with E-state index in [0.717, 1.165) is 13.1 Å². The molecule has 94 valence electrons. The summed E-state index contributed by atoms with van der Waals surface area (Å²) in [4.78, 5) is 7.03. The first-order valence-electron chi connectivity index (χ1n) is 6.51. The number of pyridine rings is 1. The standard InChI is InChI=1S/C14H23N3/c1-15-12-14(13-6-3-4-9-16-13)7-5-10-17(2)11-8-14/h3-4,6,9,15H,5,7-8,10-12H2,1-2H3. The summed E-state index contributed by atoms with van der Waals surface area (Å²) in [6.45, 7) is 3.40. The molecule has 3 nitrogen and oxygen atoms in total. The van der Waals surface area contributed by atoms with Crippen molar-refractivity contribution in [3.63, 3.8) is 0 Å². The van der Waals surface area contributed by atoms with E-state index in [-0.39, 0.29) is 5.41 Å². The predicted molar refractivity (Wildman–Crippen MR) is 71.2 cm³/mol. The van der Waals surface area contributed by atoms with E-state index in [1.165, 1.54) is 31.5 Å². The Labute approximate surface area is 104 Å². The van der Waals surface area contributed by atoms with Crippen LogP contribution in [0.5, 0.6) is 0 Å². The molecule has 1 saturated heterocycles. The third-order valence-electron chi connectivity index (χ3n) is 3.89. The number of likely N-dealkylation sites (N-methyl/N-ethyl adjacent to an activating group) is 1. The van der Waals surface area contributed by atoms with Crippen LogP contribution in [0.1, 0.15) is 25.0 Å². The quantitative estimate of drug-likeness (QED) is 0.860. The second-order valence-electron chi connectivity index (χ2n) is 5.18. The van der Waals surface area contributed by atoms with E-state index < -0.39 is 0 Å². The fourth-order valence-corrected chi connectivity index (χ4v) is 2.87. The molecule has 0 amide bonds. The fourth-order valence-electron chi connectivity index (χ4n) is 2.87. The Kier molecular flexibility index (Phi) is 4.13. The van der Waals surface area contributed by atoms with Crippen molar-refractivity contribution in [3.05, 3.63) is 30.1 Å². The van der Waals surface area contributed by atoms with Gasteiger partial charge in [0.2, 0.25) is 0 Å². The van der Waals surface area contributed by atoms with Gasteiger partial charge in [0.25, 0.3) is 0 Å². The van der Waals surface area contributed by atoms with Gasteiger partial charge < -0.3 is 10.2 Å². The van der Waals surface area contributed by atoms with Crippen molar-refractivity contribution in [2.45, 2.75) is 24.7 Å². The first kappa shape index (κ1) is 12.5. The number of aromatic nitrogens is 1. The van der Waals surface area contributed by atoms with E-state index in [1.54, 1.807) is 0 Å². The van der Waals surface area contributed by atoms with Gasteiger partial charge in [-0.3, -0.25) is 4.98 Å². The van der Waals surface area contributed by atoms with Crippen molar-refractivity contribution >= 4 is 0 Å². The van der Waals surface area contributed by atoms with E-state index in [2.05, 4.69) is 34.4 Å². The molecule has 1 aliphatic heterocycles. The van der Waals surface area contributed by atoms with Gasteiger partial charge in [-0.2, -0.15) is 0 Å². The second-order valence-corrected chi connectivity index (χ2v) is 5.18. The molecule has 1 unspecified atom stereocenters. The van der Waals surface area contributed by atoms with Gasteiger partial charge in [0, 0.05) is 23.9 Å². The minimum Gasteiger partial charge on any atom is -0.319 e. The molecule has 2 heterocycles. The van der Waals surface area contributed by atoms with Crippen LogP contribution < -0.4 is 5.32 Å². The monoisotopic (exact) mass is 233 g/mol. The Balaban J connectivity index is 2.25. The normalized spacial score (nSPS) is 26.7. The van der Waals surface area contributed by atoms with Gasteiger partial charge in [0.1, 0.15) is 0 Å². The van der Waals surface area contributed by atoms with Crippen molar-refractivity contribution in [1.29, 1.82) is 0 Å². The highest BCUT2D eigenvalue weighted by molar-refractivity contribution is 5.18. The number of hydrogen-bond donors (Lipinski definition) is 1. The highest BCUT2D eigenvalue weighted by atomic mass is 15.1. The molecular weight excluding hydrogens is 210 g/mol. The van der Waals surface area contributed by atoms with Crippen LogP contribution >= 0.6 is 0 Å². The average Bonchev–Trinajstić information content (AvgIpc) is 2.55. The van der Waals surface area contributed by atoms with Crippen molar-refractivity contribution in [3.8, 4) is 0 Å². The van der Waals surface area contributed by atoms with Crippen LogP contribution in [-0.2, 0) is 5.41 Å². The summed E-state index contributed by atoms with van der Waals surface area (Å²) < 4.78 is 0. The molecule has 1 N–H and O–H groups in total. The van der Waals surface area contributed by atoms with Crippen molar-refractivity contribution < 1.29 is 0 Å². The van der Waals surface area contributed by atoms with Gasteiger partial charge >= 0.3 is 0 Å². The van der Waals surface area contributed by atoms with Crippen LogP contribution in [0.15, 0.2) is 24.4 Å². The molecule has 17 heavy (non-hydrogen) atoms. The maximum absolute atomic E-state index is 4.60. The number of nitrogens with one attached hydrogen (secondary N) is 1. The molecule has 1 aromatic rings. The zero-order chi connectivity index (χ0) is 12.1. The van der Waals surface area contributed by atoms with Crippen molar-refractivity contribution in [1.82, 2.24) is 15.2 Å². The number of likely N-dealkylation sites (tertiary alicyclic amines) is 1. The molecule has 0 aliphatic carbocycles. The maximum atomic E-state index is 4.60. The molecule has 1 aliphatic rings. The summed E-state index contributed by atoms with van der Waals surface area (Å²) in [7, 11) is 4.26. The highest BCUT2D eigenvalue weighted by Crippen LogP contribution is 2.33. The summed E-state index contributed by atoms with van der Waals surface area (Å²) in [5, 5.41) is 3.36. The number of rotatable bonds is 3. The number of hydrogen-bond acceptors (Lipinski definition) is 3. The van der Waals surface area contributed by atoms with E-state index in [4.69, 9.17) is 0 Å². The Morgan fingerprint density at radius 2 is 2.24 bits per heavy atom. The van der Waals surface area contributed by atoms with Gasteiger partial charge in [0.15, 0.2) is 0 Å². The molecule has 1 aromatic heterocycles. The number of nitrogens with zero attached hydrogens (tertiary/aromatic N) is 2. The lowest BCUT2D eigenvalue weighted by Gasteiger charge is -2.32. The zero-order valence-corrected chi connectivity index (χ0v) is 10.9. The van der Waals surface area contributed by atoms with E-state index in [9.17, 15) is 0 Å². The van der Waals surface area contributed by atoms with Crippen molar-refractivity contribution in [2.24, 2.45) is 0 Å². The van der Waals surface area contributed by atoms with Crippen molar-refractivity contribution in [2.75, 3.05) is 33.7 Å². The Morgan fingerprint density at radius 3 is 2.94 bits per heavy atom. The highest BCUT2D eigenvalue weighted by Gasteiger charge is 2.34. The molecule has 0 bridgehead atoms. The third-order valence-corrected chi connectivity index (χ3v) is 3.89. The molecule has 1 atom stereocenters. The van der Waals surface area contributed by atoms with Crippen LogP contribution in [0.4, 0.5) is 0 Å². The molecule has 2 rings (SSSR count). The van der Waals surface area contributed by atoms with Crippen LogP contribution in [0.2, 0.25) is 0 Å². The van der Waals surface area contributed by atoms with E-state index in [0.29, 0.717) is 0 Å². The molecule has 0 spiro atoms.